The molecule has 6 heteroatoms. The van der Waals surface area contributed by atoms with Crippen LogP contribution in [0.5, 0.6) is 0 Å². The molecule has 0 saturated heterocycles. The monoisotopic (exact) mass is 216 g/mol. The fourth-order valence-corrected chi connectivity index (χ4v) is 1.17. The van der Waals surface area contributed by atoms with E-state index in [1.54, 1.807) is 0 Å². The van der Waals surface area contributed by atoms with E-state index in [-0.39, 0.29) is 13.2 Å². The summed E-state index contributed by atoms with van der Waals surface area (Å²) in [5.41, 5.74) is 0. The zero-order chi connectivity index (χ0) is 10.6. The molecule has 0 N–H and O–H groups in total. The van der Waals surface area contributed by atoms with Crippen LogP contribution in [0.2, 0.25) is 0 Å². The van der Waals surface area contributed by atoms with Gasteiger partial charge in [0.15, 0.2) is 0 Å². The van der Waals surface area contributed by atoms with Crippen molar-refractivity contribution in [3.05, 3.63) is 0 Å². The summed E-state index contributed by atoms with van der Waals surface area (Å²) in [6, 6.07) is 3.89. The van der Waals surface area contributed by atoms with Gasteiger partial charge >= 0.3 is 11.4 Å². The van der Waals surface area contributed by atoms with E-state index in [1.165, 1.54) is 0 Å². The lowest BCUT2D eigenvalue weighted by Gasteiger charge is -2.01. The van der Waals surface area contributed by atoms with Gasteiger partial charge < -0.3 is 0 Å². The minimum Gasteiger partial charge on any atom is -0.268 e. The molecule has 0 aromatic rings. The Morgan fingerprint density at radius 1 is 1.00 bits per heavy atom. The fraction of sp³-hybridized carbons (Fsp3) is 0.750. The quantitative estimate of drug-likeness (QED) is 0.569. The first-order chi connectivity index (χ1) is 6.81. The van der Waals surface area contributed by atoms with Crippen LogP contribution in [0.15, 0.2) is 0 Å². The van der Waals surface area contributed by atoms with Crippen LogP contribution >= 0.6 is 0 Å². The van der Waals surface area contributed by atoms with Crippen molar-refractivity contribution in [3.8, 4) is 12.1 Å². The first-order valence-corrected chi connectivity index (χ1v) is 5.23. The summed E-state index contributed by atoms with van der Waals surface area (Å²) in [5, 5.41) is 16.4. The van der Waals surface area contributed by atoms with Gasteiger partial charge in [-0.25, -0.2) is 0 Å². The van der Waals surface area contributed by atoms with Crippen molar-refractivity contribution in [2.24, 2.45) is 0 Å². The molecule has 0 aliphatic carbocycles. The molecule has 78 valence electrons. The number of hydrogen-bond acceptors (Lipinski definition) is 5. The molecule has 5 nitrogen and oxygen atoms in total. The van der Waals surface area contributed by atoms with Crippen molar-refractivity contribution in [3.63, 3.8) is 0 Å². The number of rotatable bonds is 8. The molecule has 0 bridgehead atoms. The van der Waals surface area contributed by atoms with Crippen LogP contribution in [-0.4, -0.2) is 17.4 Å². The van der Waals surface area contributed by atoms with E-state index in [0.29, 0.717) is 25.7 Å². The average molecular weight is 216 g/mol. The summed E-state index contributed by atoms with van der Waals surface area (Å²) in [4.78, 5) is 0. The largest absolute Gasteiger partial charge is 0.304 e. The standard InChI is InChI=1S/C8H12N2O3S/c9-5-1-3-7-12-14(11)13-8-4-2-6-10/h1-4,7-8H2. The number of nitriles is 2. The summed E-state index contributed by atoms with van der Waals surface area (Å²) < 4.78 is 20.4. The van der Waals surface area contributed by atoms with Crippen molar-refractivity contribution in [2.45, 2.75) is 25.7 Å². The summed E-state index contributed by atoms with van der Waals surface area (Å²) in [5.74, 6) is 0. The maximum Gasteiger partial charge on any atom is 0.304 e. The number of hydrogen-bond donors (Lipinski definition) is 0. The second-order valence-electron chi connectivity index (χ2n) is 2.37. The molecule has 14 heavy (non-hydrogen) atoms. The van der Waals surface area contributed by atoms with Crippen LogP contribution in [0.3, 0.4) is 0 Å². The molecule has 0 amide bonds. The predicted octanol–water partition coefficient (Wildman–Crippen LogP) is 1.21. The molecule has 0 saturated carbocycles. The van der Waals surface area contributed by atoms with Gasteiger partial charge in [-0.3, -0.25) is 8.37 Å². The topological polar surface area (TPSA) is 83.1 Å². The van der Waals surface area contributed by atoms with Crippen LogP contribution in [-0.2, 0) is 19.7 Å². The zero-order valence-corrected chi connectivity index (χ0v) is 8.59. The number of unbranched alkanes of at least 4 members (excludes halogenated alkanes) is 2. The molecule has 0 heterocycles. The average Bonchev–Trinajstić information content (AvgIpc) is 2.19. The second kappa shape index (κ2) is 10.1. The molecule has 0 spiro atoms. The molecular formula is C8H12N2O3S. The molecule has 0 radical (unpaired) electrons. The van der Waals surface area contributed by atoms with E-state index in [1.807, 2.05) is 12.1 Å². The highest BCUT2D eigenvalue weighted by Crippen LogP contribution is 1.96. The maximum atomic E-state index is 10.9. The molecule has 0 aliphatic heterocycles. The Bertz CT molecular complexity index is 220. The lowest BCUT2D eigenvalue weighted by atomic mass is 10.4. The summed E-state index contributed by atoms with van der Waals surface area (Å²) >= 11 is -1.75. The van der Waals surface area contributed by atoms with E-state index < -0.39 is 11.4 Å². The molecule has 0 fully saturated rings. The lowest BCUT2D eigenvalue weighted by molar-refractivity contribution is 0.246. The van der Waals surface area contributed by atoms with Crippen molar-refractivity contribution in [1.82, 2.24) is 0 Å². The van der Waals surface area contributed by atoms with E-state index in [0.717, 1.165) is 0 Å². The van der Waals surface area contributed by atoms with Crippen LogP contribution in [0.25, 0.3) is 0 Å². The smallest absolute Gasteiger partial charge is 0.268 e. The molecule has 0 rings (SSSR count). The van der Waals surface area contributed by atoms with Crippen molar-refractivity contribution >= 4 is 11.4 Å². The van der Waals surface area contributed by atoms with Gasteiger partial charge in [-0.1, -0.05) is 0 Å². The molecular weight excluding hydrogens is 204 g/mol. The summed E-state index contributed by atoms with van der Waals surface area (Å²) in [7, 11) is 0. The second-order valence-corrected chi connectivity index (χ2v) is 3.25. The normalized spacial score (nSPS) is 9.64. The maximum absolute atomic E-state index is 10.9. The van der Waals surface area contributed by atoms with Crippen molar-refractivity contribution in [1.29, 1.82) is 10.5 Å². The first kappa shape index (κ1) is 13.1. The highest BCUT2D eigenvalue weighted by atomic mass is 32.2. The Labute approximate surface area is 86.1 Å². The molecule has 0 aromatic heterocycles. The molecule has 0 aromatic carbocycles. The lowest BCUT2D eigenvalue weighted by Crippen LogP contribution is -2.04. The predicted molar refractivity (Wildman–Crippen MR) is 49.7 cm³/mol. The van der Waals surface area contributed by atoms with Gasteiger partial charge in [-0.2, -0.15) is 14.7 Å². The van der Waals surface area contributed by atoms with Gasteiger partial charge in [0.2, 0.25) is 0 Å². The van der Waals surface area contributed by atoms with E-state index in [4.69, 9.17) is 18.9 Å². The molecule has 0 unspecified atom stereocenters. The highest BCUT2D eigenvalue weighted by molar-refractivity contribution is 7.75. The third-order valence-corrected chi connectivity index (χ3v) is 1.94. The number of nitrogens with zero attached hydrogens (tertiary/aromatic N) is 2. The molecule has 0 atom stereocenters. The van der Waals surface area contributed by atoms with Gasteiger partial charge in [0.25, 0.3) is 0 Å². The van der Waals surface area contributed by atoms with Crippen molar-refractivity contribution < 1.29 is 12.6 Å². The minimum atomic E-state index is -1.75. The van der Waals surface area contributed by atoms with E-state index >= 15 is 0 Å². The summed E-state index contributed by atoms with van der Waals surface area (Å²) in [6.45, 7) is 0.497. The van der Waals surface area contributed by atoms with Crippen LogP contribution < -0.4 is 0 Å². The zero-order valence-electron chi connectivity index (χ0n) is 7.77. The Hall–Kier alpha value is -0.950. The SMILES string of the molecule is N#CCCCOS(=O)OCCCC#N. The minimum absolute atomic E-state index is 0.248. The molecule has 0 aliphatic rings. The van der Waals surface area contributed by atoms with Crippen LogP contribution in [0.1, 0.15) is 25.7 Å². The van der Waals surface area contributed by atoms with Crippen LogP contribution in [0, 0.1) is 22.7 Å². The summed E-state index contributed by atoms with van der Waals surface area (Å²) in [6.07, 6.45) is 1.85. The highest BCUT2D eigenvalue weighted by Gasteiger charge is 1.99. The Morgan fingerprint density at radius 2 is 1.43 bits per heavy atom. The Morgan fingerprint density at radius 3 is 1.79 bits per heavy atom. The van der Waals surface area contributed by atoms with Gasteiger partial charge in [0, 0.05) is 12.8 Å². The van der Waals surface area contributed by atoms with Gasteiger partial charge in [-0.15, -0.1) is 0 Å². The third kappa shape index (κ3) is 9.14. The Kier molecular flexibility index (Phi) is 9.45. The van der Waals surface area contributed by atoms with Gasteiger partial charge in [-0.05, 0) is 12.8 Å². The first-order valence-electron chi connectivity index (χ1n) is 4.23. The Balaban J connectivity index is 3.21. The van der Waals surface area contributed by atoms with Gasteiger partial charge in [0.1, 0.15) is 0 Å². The van der Waals surface area contributed by atoms with Crippen molar-refractivity contribution in [2.75, 3.05) is 13.2 Å². The van der Waals surface area contributed by atoms with E-state index in [2.05, 4.69) is 0 Å². The van der Waals surface area contributed by atoms with Gasteiger partial charge in [0.05, 0.1) is 25.4 Å². The fourth-order valence-electron chi connectivity index (χ4n) is 0.590. The van der Waals surface area contributed by atoms with Crippen LogP contribution in [0.4, 0.5) is 0 Å². The third-order valence-electron chi connectivity index (χ3n) is 1.22. The van der Waals surface area contributed by atoms with E-state index in [9.17, 15) is 4.21 Å².